The van der Waals surface area contributed by atoms with E-state index in [1.165, 1.54) is 49.7 Å². The number of allylic oxidation sites excluding steroid dienone is 5. The lowest BCUT2D eigenvalue weighted by atomic mass is 9.43. The van der Waals surface area contributed by atoms with Gasteiger partial charge in [0, 0.05) is 23.7 Å². The van der Waals surface area contributed by atoms with Crippen molar-refractivity contribution in [1.29, 1.82) is 0 Å². The summed E-state index contributed by atoms with van der Waals surface area (Å²) in [4.78, 5) is 49.5. The van der Waals surface area contributed by atoms with Crippen molar-refractivity contribution in [2.24, 2.45) is 73.9 Å². The van der Waals surface area contributed by atoms with Gasteiger partial charge in [-0.3, -0.25) is 19.2 Å². The van der Waals surface area contributed by atoms with Crippen LogP contribution >= 0.6 is 0 Å². The number of ether oxygens (including phenoxy) is 1. The zero-order chi connectivity index (χ0) is 35.8. The lowest BCUT2D eigenvalue weighted by molar-refractivity contribution is -0.158. The highest BCUT2D eigenvalue weighted by Gasteiger charge is 2.70. The Kier molecular flexibility index (Phi) is 7.68. The van der Waals surface area contributed by atoms with E-state index in [9.17, 15) is 19.2 Å². The fraction of sp³-hybridized carbons (Fsp3) is 0.783. The molecule has 10 unspecified atom stereocenters. The second-order valence-corrected chi connectivity index (χ2v) is 20.4. The summed E-state index contributed by atoms with van der Waals surface area (Å²) in [6, 6.07) is 0. The SMILES string of the molecule is CC12C=CC(=O)C=C1CCC1C2CCC2(C)C1CC[C@]21CCCC1=O.C[C@@H]1CC2=CC(=O)CCC2(C)C2CCC3(C)C(CC[C@]34CCOC4=O)C21. The number of rotatable bonds is 0. The molecule has 0 aromatic rings. The number of carbonyl (C=O) groups excluding carboxylic acids is 4. The van der Waals surface area contributed by atoms with Gasteiger partial charge in [-0.1, -0.05) is 51.8 Å². The second-order valence-electron chi connectivity index (χ2n) is 20.4. The van der Waals surface area contributed by atoms with Crippen molar-refractivity contribution in [2.45, 2.75) is 144 Å². The molecule has 0 N–H and O–H groups in total. The minimum absolute atomic E-state index is 0.0119. The lowest BCUT2D eigenvalue weighted by Crippen LogP contribution is -2.55. The quantitative estimate of drug-likeness (QED) is 0.236. The first-order valence-electron chi connectivity index (χ1n) is 21.1. The Bertz CT molecular complexity index is 1670. The maximum Gasteiger partial charge on any atom is 0.312 e. The molecule has 1 aliphatic heterocycles. The zero-order valence-electron chi connectivity index (χ0n) is 32.1. The van der Waals surface area contributed by atoms with Gasteiger partial charge in [-0.15, -0.1) is 0 Å². The van der Waals surface area contributed by atoms with Crippen molar-refractivity contribution in [3.05, 3.63) is 35.5 Å². The van der Waals surface area contributed by atoms with E-state index in [4.69, 9.17) is 4.74 Å². The molecule has 276 valence electrons. The van der Waals surface area contributed by atoms with Crippen LogP contribution in [0.2, 0.25) is 0 Å². The van der Waals surface area contributed by atoms with Crippen LogP contribution in [0.4, 0.5) is 0 Å². The smallest absolute Gasteiger partial charge is 0.312 e. The predicted octanol–water partition coefficient (Wildman–Crippen LogP) is 9.73. The van der Waals surface area contributed by atoms with Crippen molar-refractivity contribution in [2.75, 3.05) is 6.61 Å². The lowest BCUT2D eigenvalue weighted by Gasteiger charge is -2.61. The topological polar surface area (TPSA) is 77.5 Å². The van der Waals surface area contributed by atoms with Gasteiger partial charge in [0.2, 0.25) is 0 Å². The Morgan fingerprint density at radius 2 is 1.37 bits per heavy atom. The van der Waals surface area contributed by atoms with Crippen molar-refractivity contribution in [1.82, 2.24) is 0 Å². The minimum Gasteiger partial charge on any atom is -0.465 e. The largest absolute Gasteiger partial charge is 0.465 e. The molecule has 10 rings (SSSR count). The van der Waals surface area contributed by atoms with Gasteiger partial charge in [-0.2, -0.15) is 0 Å². The summed E-state index contributed by atoms with van der Waals surface area (Å²) in [5, 5.41) is 0. The number of cyclic esters (lactones) is 1. The summed E-state index contributed by atoms with van der Waals surface area (Å²) in [5.74, 6) is 5.89. The Balaban J connectivity index is 0.000000137. The number of hydrogen-bond donors (Lipinski definition) is 0. The standard InChI is InChI=1S/C23H32O3.C23H30O2/c1-14-12-15-13-16(24)4-7-21(15,2)17-5-8-22(3)18(19(14)17)6-9-23(22)10-11-26-20(23)25;1-21-11-7-16(24)14-15(21)5-6-17-18(21)8-12-22(2)19(17)9-13-23(22)10-3-4-20(23)25/h13-14,17-19H,4-12H2,1-3H3;7,11,14,17-19H,3-6,8-10,12-13H2,1-2H3/t14-,17?,18?,19?,21?,22?,23-;17?,18?,19?,21?,22?,23-/m10/s1. The third-order valence-corrected chi connectivity index (χ3v) is 19.3. The number of Topliss-reactive ketones (excluding diaryl/α,β-unsaturated/α-hetero) is 1. The molecule has 0 aromatic heterocycles. The van der Waals surface area contributed by atoms with Gasteiger partial charge in [-0.25, -0.2) is 0 Å². The molecule has 0 amide bonds. The van der Waals surface area contributed by atoms with E-state index in [1.54, 1.807) is 6.08 Å². The highest BCUT2D eigenvalue weighted by molar-refractivity contribution is 6.01. The summed E-state index contributed by atoms with van der Waals surface area (Å²) >= 11 is 0. The number of hydrogen-bond acceptors (Lipinski definition) is 5. The van der Waals surface area contributed by atoms with Gasteiger partial charge in [-0.05, 0) is 172 Å². The summed E-state index contributed by atoms with van der Waals surface area (Å²) in [6.45, 7) is 12.7. The van der Waals surface area contributed by atoms with Gasteiger partial charge in [0.15, 0.2) is 11.6 Å². The molecule has 10 aliphatic rings. The highest BCUT2D eigenvalue weighted by atomic mass is 16.5. The van der Waals surface area contributed by atoms with E-state index in [0.29, 0.717) is 53.7 Å². The summed E-state index contributed by atoms with van der Waals surface area (Å²) in [7, 11) is 0. The molecule has 51 heavy (non-hydrogen) atoms. The second kappa shape index (κ2) is 11.4. The molecule has 8 fully saturated rings. The van der Waals surface area contributed by atoms with E-state index < -0.39 is 0 Å². The molecule has 0 radical (unpaired) electrons. The molecular formula is C46H62O5. The van der Waals surface area contributed by atoms with Gasteiger partial charge in [0.1, 0.15) is 5.78 Å². The van der Waals surface area contributed by atoms with E-state index in [1.807, 2.05) is 12.2 Å². The van der Waals surface area contributed by atoms with Crippen LogP contribution in [0.1, 0.15) is 144 Å². The van der Waals surface area contributed by atoms with Crippen molar-refractivity contribution < 1.29 is 23.9 Å². The Hall–Kier alpha value is -2.30. The number of carbonyl (C=O) groups is 4. The molecule has 9 aliphatic carbocycles. The molecule has 1 saturated heterocycles. The molecule has 13 atom stereocenters. The highest BCUT2D eigenvalue weighted by Crippen LogP contribution is 2.74. The monoisotopic (exact) mass is 694 g/mol. The van der Waals surface area contributed by atoms with Crippen molar-refractivity contribution in [3.63, 3.8) is 0 Å². The predicted molar refractivity (Wildman–Crippen MR) is 197 cm³/mol. The molecule has 7 saturated carbocycles. The van der Waals surface area contributed by atoms with Crippen LogP contribution in [0, 0.1) is 73.9 Å². The first-order valence-corrected chi connectivity index (χ1v) is 21.1. The number of esters is 1. The molecular weight excluding hydrogens is 633 g/mol. The summed E-state index contributed by atoms with van der Waals surface area (Å²) in [5.41, 5.74) is 3.23. The normalized spacial score (nSPS) is 52.1. The van der Waals surface area contributed by atoms with Crippen LogP contribution in [-0.4, -0.2) is 29.9 Å². The van der Waals surface area contributed by atoms with Crippen molar-refractivity contribution in [3.8, 4) is 0 Å². The van der Waals surface area contributed by atoms with E-state index in [-0.39, 0.29) is 44.2 Å². The molecule has 0 bridgehead atoms. The first-order chi connectivity index (χ1) is 24.2. The van der Waals surface area contributed by atoms with Crippen molar-refractivity contribution >= 4 is 23.3 Å². The van der Waals surface area contributed by atoms with Gasteiger partial charge in [0.05, 0.1) is 12.0 Å². The van der Waals surface area contributed by atoms with Crippen LogP contribution in [-0.2, 0) is 23.9 Å². The maximum absolute atomic E-state index is 12.9. The number of fused-ring (bicyclic) bond motifs is 12. The Labute approximate surface area is 306 Å². The van der Waals surface area contributed by atoms with E-state index in [0.717, 1.165) is 76.5 Å². The van der Waals surface area contributed by atoms with E-state index in [2.05, 4.69) is 40.7 Å². The molecule has 0 aromatic carbocycles. The van der Waals surface area contributed by atoms with Crippen LogP contribution in [0.5, 0.6) is 0 Å². The number of ketones is 3. The Morgan fingerprint density at radius 3 is 2.10 bits per heavy atom. The zero-order valence-corrected chi connectivity index (χ0v) is 32.1. The van der Waals surface area contributed by atoms with Crippen LogP contribution in [0.25, 0.3) is 0 Å². The minimum atomic E-state index is -0.206. The molecule has 1 heterocycles. The third-order valence-electron chi connectivity index (χ3n) is 19.3. The average Bonchev–Trinajstić information content (AvgIpc) is 3.84. The first kappa shape index (κ1) is 34.5. The fourth-order valence-electron chi connectivity index (χ4n) is 16.5. The van der Waals surface area contributed by atoms with E-state index >= 15 is 0 Å². The molecule has 5 nitrogen and oxygen atoms in total. The fourth-order valence-corrected chi connectivity index (χ4v) is 16.5. The van der Waals surface area contributed by atoms with Gasteiger partial charge >= 0.3 is 5.97 Å². The van der Waals surface area contributed by atoms with Crippen LogP contribution in [0.15, 0.2) is 35.5 Å². The average molecular weight is 695 g/mol. The van der Waals surface area contributed by atoms with Crippen LogP contribution in [0.3, 0.4) is 0 Å². The molecule has 5 heteroatoms. The van der Waals surface area contributed by atoms with Gasteiger partial charge < -0.3 is 4.74 Å². The summed E-state index contributed by atoms with van der Waals surface area (Å²) in [6.07, 6.45) is 26.5. The summed E-state index contributed by atoms with van der Waals surface area (Å²) < 4.78 is 5.50. The third kappa shape index (κ3) is 4.39. The molecule has 2 spiro atoms. The maximum atomic E-state index is 12.9. The van der Waals surface area contributed by atoms with Gasteiger partial charge in [0.25, 0.3) is 0 Å². The Morgan fingerprint density at radius 1 is 0.667 bits per heavy atom. The van der Waals surface area contributed by atoms with Crippen LogP contribution < -0.4 is 0 Å².